The van der Waals surface area contributed by atoms with E-state index >= 15 is 0 Å². The van der Waals surface area contributed by atoms with Crippen molar-refractivity contribution < 1.29 is 0 Å². The van der Waals surface area contributed by atoms with E-state index in [1.165, 1.54) is 4.88 Å². The van der Waals surface area contributed by atoms with E-state index in [2.05, 4.69) is 43.0 Å². The van der Waals surface area contributed by atoms with Crippen LogP contribution in [0.2, 0.25) is 0 Å². The Balaban J connectivity index is 2.06. The van der Waals surface area contributed by atoms with Gasteiger partial charge in [-0.25, -0.2) is 4.99 Å². The number of aliphatic imine (C=N–C) groups is 2. The zero-order chi connectivity index (χ0) is 12.3. The minimum absolute atomic E-state index is 0.0516. The maximum atomic E-state index is 4.51. The first-order valence-electron chi connectivity index (χ1n) is 5.50. The van der Waals surface area contributed by atoms with Crippen molar-refractivity contribution in [1.29, 1.82) is 0 Å². The summed E-state index contributed by atoms with van der Waals surface area (Å²) in [6.07, 6.45) is 0.0516. The number of nitrogens with one attached hydrogen (secondary N) is 2. The molecular weight excluding hydrogens is 234 g/mol. The van der Waals surface area contributed by atoms with Crippen LogP contribution in [0, 0.1) is 0 Å². The third-order valence-electron chi connectivity index (χ3n) is 2.45. The molecule has 1 aliphatic rings. The van der Waals surface area contributed by atoms with Crippen LogP contribution < -0.4 is 10.6 Å². The normalized spacial score (nSPS) is 21.7. The molecule has 1 atom stereocenters. The third-order valence-corrected chi connectivity index (χ3v) is 3.31. The molecule has 0 amide bonds. The van der Waals surface area contributed by atoms with Crippen molar-refractivity contribution in [2.24, 2.45) is 9.98 Å². The Morgan fingerprint density at radius 1 is 1.59 bits per heavy atom. The van der Waals surface area contributed by atoms with Crippen LogP contribution in [0.3, 0.4) is 0 Å². The van der Waals surface area contributed by atoms with Crippen LogP contribution in [-0.4, -0.2) is 37.1 Å². The quantitative estimate of drug-likeness (QED) is 0.826. The van der Waals surface area contributed by atoms with E-state index in [-0.39, 0.29) is 6.17 Å². The van der Waals surface area contributed by atoms with E-state index in [1.807, 2.05) is 14.0 Å². The number of guanidine groups is 2. The summed E-state index contributed by atoms with van der Waals surface area (Å²) in [5.74, 6) is 1.62. The molecule has 0 spiro atoms. The summed E-state index contributed by atoms with van der Waals surface area (Å²) in [5.41, 5.74) is 0. The Hall–Kier alpha value is -1.56. The Bertz CT molecular complexity index is 423. The van der Waals surface area contributed by atoms with Crippen molar-refractivity contribution in [3.8, 4) is 0 Å². The highest BCUT2D eigenvalue weighted by Crippen LogP contribution is 2.11. The molecule has 0 bridgehead atoms. The number of hydrogen-bond donors (Lipinski definition) is 2. The molecule has 0 saturated carbocycles. The summed E-state index contributed by atoms with van der Waals surface area (Å²) >= 11 is 1.75. The van der Waals surface area contributed by atoms with Gasteiger partial charge in [-0.2, -0.15) is 0 Å². The summed E-state index contributed by atoms with van der Waals surface area (Å²) < 4.78 is 0. The Labute approximate surface area is 105 Å². The van der Waals surface area contributed by atoms with Gasteiger partial charge in [0.05, 0.1) is 6.54 Å². The first-order valence-corrected chi connectivity index (χ1v) is 6.38. The van der Waals surface area contributed by atoms with Crippen LogP contribution in [0.25, 0.3) is 0 Å². The van der Waals surface area contributed by atoms with Gasteiger partial charge in [-0.15, -0.1) is 11.3 Å². The molecule has 0 saturated heterocycles. The van der Waals surface area contributed by atoms with Gasteiger partial charge in [0, 0.05) is 19.0 Å². The number of thiophene rings is 1. The maximum Gasteiger partial charge on any atom is 0.202 e. The van der Waals surface area contributed by atoms with Crippen molar-refractivity contribution in [3.05, 3.63) is 22.4 Å². The summed E-state index contributed by atoms with van der Waals surface area (Å²) in [6.45, 7) is 2.86. The fraction of sp³-hybridized carbons (Fsp3) is 0.455. The van der Waals surface area contributed by atoms with E-state index in [1.54, 1.807) is 18.4 Å². The standard InChI is InChI=1S/C11H17N5S/c1-8-13-10(12-2)15-11(14-8)16(3)7-9-5-4-6-17-9/h4-6,8H,7H2,1-3H3,(H2,12,13,14,15). The van der Waals surface area contributed by atoms with Crippen molar-refractivity contribution in [2.45, 2.75) is 19.6 Å². The van der Waals surface area contributed by atoms with Gasteiger partial charge >= 0.3 is 0 Å². The molecule has 2 heterocycles. The maximum absolute atomic E-state index is 4.51. The van der Waals surface area contributed by atoms with E-state index in [9.17, 15) is 0 Å². The summed E-state index contributed by atoms with van der Waals surface area (Å²) in [6, 6.07) is 4.19. The second kappa shape index (κ2) is 5.18. The monoisotopic (exact) mass is 251 g/mol. The average molecular weight is 251 g/mol. The van der Waals surface area contributed by atoms with E-state index in [4.69, 9.17) is 0 Å². The zero-order valence-electron chi connectivity index (χ0n) is 10.3. The highest BCUT2D eigenvalue weighted by Gasteiger charge is 2.17. The Kier molecular flexibility index (Phi) is 3.63. The highest BCUT2D eigenvalue weighted by molar-refractivity contribution is 7.09. The molecule has 1 aromatic rings. The summed E-state index contributed by atoms with van der Waals surface area (Å²) in [5, 5.41) is 8.39. The van der Waals surface area contributed by atoms with Crippen molar-refractivity contribution >= 4 is 23.3 Å². The second-order valence-corrected chi connectivity index (χ2v) is 4.94. The minimum Gasteiger partial charge on any atom is -0.340 e. The molecule has 0 fully saturated rings. The predicted octanol–water partition coefficient (Wildman–Crippen LogP) is 1.06. The Morgan fingerprint density at radius 2 is 2.41 bits per heavy atom. The van der Waals surface area contributed by atoms with Gasteiger partial charge in [0.15, 0.2) is 5.96 Å². The third kappa shape index (κ3) is 2.97. The van der Waals surface area contributed by atoms with Crippen LogP contribution in [-0.2, 0) is 6.54 Å². The van der Waals surface area contributed by atoms with Gasteiger partial charge in [0.1, 0.15) is 6.17 Å². The molecule has 92 valence electrons. The molecule has 2 N–H and O–H groups in total. The zero-order valence-corrected chi connectivity index (χ0v) is 11.1. The fourth-order valence-corrected chi connectivity index (χ4v) is 2.37. The number of rotatable bonds is 2. The lowest BCUT2D eigenvalue weighted by atomic mass is 10.4. The SMILES string of the molecule is CN=C1NC(N(C)Cc2cccs2)=NC(C)N1. The van der Waals surface area contributed by atoms with Gasteiger partial charge in [0.2, 0.25) is 5.96 Å². The topological polar surface area (TPSA) is 52.0 Å². The number of nitrogens with zero attached hydrogens (tertiary/aromatic N) is 3. The molecule has 1 aliphatic heterocycles. The van der Waals surface area contributed by atoms with E-state index in [0.29, 0.717) is 0 Å². The smallest absolute Gasteiger partial charge is 0.202 e. The molecule has 17 heavy (non-hydrogen) atoms. The Morgan fingerprint density at radius 3 is 3.06 bits per heavy atom. The summed E-state index contributed by atoms with van der Waals surface area (Å²) in [4.78, 5) is 12.0. The average Bonchev–Trinajstić information content (AvgIpc) is 2.81. The molecular formula is C11H17N5S. The van der Waals surface area contributed by atoms with Crippen molar-refractivity contribution in [3.63, 3.8) is 0 Å². The largest absolute Gasteiger partial charge is 0.340 e. The predicted molar refractivity (Wildman–Crippen MR) is 72.3 cm³/mol. The first-order chi connectivity index (χ1) is 8.19. The molecule has 5 nitrogen and oxygen atoms in total. The molecule has 0 radical (unpaired) electrons. The van der Waals surface area contributed by atoms with E-state index < -0.39 is 0 Å². The summed E-state index contributed by atoms with van der Waals surface area (Å²) in [7, 11) is 3.78. The van der Waals surface area contributed by atoms with Crippen LogP contribution in [0.4, 0.5) is 0 Å². The van der Waals surface area contributed by atoms with Crippen LogP contribution in [0.15, 0.2) is 27.5 Å². The van der Waals surface area contributed by atoms with Crippen LogP contribution in [0.5, 0.6) is 0 Å². The lowest BCUT2D eigenvalue weighted by Crippen LogP contribution is -2.54. The molecule has 0 aromatic carbocycles. The molecule has 2 rings (SSSR count). The van der Waals surface area contributed by atoms with E-state index in [0.717, 1.165) is 18.5 Å². The molecule has 1 unspecified atom stereocenters. The van der Waals surface area contributed by atoms with Crippen LogP contribution >= 0.6 is 11.3 Å². The molecule has 0 aliphatic carbocycles. The van der Waals surface area contributed by atoms with Gasteiger partial charge in [0.25, 0.3) is 0 Å². The van der Waals surface area contributed by atoms with Gasteiger partial charge in [-0.1, -0.05) is 6.07 Å². The molecule has 1 aromatic heterocycles. The van der Waals surface area contributed by atoms with Crippen LogP contribution in [0.1, 0.15) is 11.8 Å². The molecule has 6 heteroatoms. The first kappa shape index (κ1) is 11.9. The minimum atomic E-state index is 0.0516. The van der Waals surface area contributed by atoms with Crippen molar-refractivity contribution in [1.82, 2.24) is 15.5 Å². The lowest BCUT2D eigenvalue weighted by Gasteiger charge is -2.28. The van der Waals surface area contributed by atoms with Gasteiger partial charge in [-0.05, 0) is 18.4 Å². The van der Waals surface area contributed by atoms with Gasteiger partial charge in [-0.3, -0.25) is 10.3 Å². The lowest BCUT2D eigenvalue weighted by molar-refractivity contribution is 0.475. The van der Waals surface area contributed by atoms with Crippen molar-refractivity contribution in [2.75, 3.05) is 14.1 Å². The van der Waals surface area contributed by atoms with Gasteiger partial charge < -0.3 is 10.2 Å². The fourth-order valence-electron chi connectivity index (χ4n) is 1.61. The highest BCUT2D eigenvalue weighted by atomic mass is 32.1. The second-order valence-electron chi connectivity index (χ2n) is 3.91. The number of hydrogen-bond acceptors (Lipinski definition) is 4.